The van der Waals surface area contributed by atoms with Gasteiger partial charge in [-0.05, 0) is 90.0 Å². The number of aromatic nitrogens is 6. The summed E-state index contributed by atoms with van der Waals surface area (Å²) in [4.78, 5) is 34.1. The molecule has 4 aromatic carbocycles. The molecule has 2 N–H and O–H groups in total. The van der Waals surface area contributed by atoms with Gasteiger partial charge in [-0.15, -0.1) is 0 Å². The molecule has 1 amide bonds. The number of benzene rings is 4. The minimum absolute atomic E-state index is 0.00518. The van der Waals surface area contributed by atoms with E-state index in [1.807, 2.05) is 6.92 Å². The molecule has 0 saturated heterocycles. The van der Waals surface area contributed by atoms with Crippen LogP contribution in [0.15, 0.2) is 71.5 Å². The van der Waals surface area contributed by atoms with Gasteiger partial charge in [-0.3, -0.25) is 28.2 Å². The molecular weight excluding hydrogens is 897 g/mol. The minimum atomic E-state index is -3.91. The number of amides is 1. The molecule has 3 aromatic heterocycles. The number of rotatable bonds is 11. The monoisotopic (exact) mass is 928 g/mol. The van der Waals surface area contributed by atoms with E-state index in [1.165, 1.54) is 29.9 Å². The van der Waals surface area contributed by atoms with E-state index >= 15 is 13.6 Å². The lowest BCUT2D eigenvalue weighted by Gasteiger charge is -2.24. The SMILES string of the molecule is Cc1cc(Cl)ccc1-c1ccc2c(=O)n(-c3ccc(Cl)c4c(NS(C)(=O)=O)nn(C)c34)c([C@H](Cc3cc(F)cc(F)c3)NC(=O)Cn3nc(C(F)F)c4c3C(F)(F)C3CC43)nc2c1. The highest BCUT2D eigenvalue weighted by Crippen LogP contribution is 2.68. The highest BCUT2D eigenvalue weighted by molar-refractivity contribution is 7.92. The number of nitrogens with zero attached hydrogens (tertiary/aromatic N) is 6. The molecule has 0 bridgehead atoms. The first-order valence-corrected chi connectivity index (χ1v) is 21.8. The van der Waals surface area contributed by atoms with Crippen molar-refractivity contribution in [3.05, 3.63) is 133 Å². The lowest BCUT2D eigenvalue weighted by atomic mass is 9.99. The van der Waals surface area contributed by atoms with E-state index in [0.29, 0.717) is 21.3 Å². The van der Waals surface area contributed by atoms with Gasteiger partial charge in [0.15, 0.2) is 5.82 Å². The number of nitrogens with one attached hydrogen (secondary N) is 2. The average Bonchev–Trinajstić information content (AvgIpc) is 3.72. The predicted molar refractivity (Wildman–Crippen MR) is 223 cm³/mol. The molecule has 0 radical (unpaired) electrons. The van der Waals surface area contributed by atoms with E-state index in [0.717, 1.165) is 34.1 Å². The van der Waals surface area contributed by atoms with Crippen LogP contribution in [0.2, 0.25) is 10.0 Å². The molecule has 0 spiro atoms. The van der Waals surface area contributed by atoms with Gasteiger partial charge in [0.1, 0.15) is 35.4 Å². The number of hydrogen-bond donors (Lipinski definition) is 2. The zero-order valence-electron chi connectivity index (χ0n) is 33.0. The molecule has 1 fully saturated rings. The quantitative estimate of drug-likeness (QED) is 0.124. The lowest BCUT2D eigenvalue weighted by molar-refractivity contribution is -0.123. The molecule has 63 heavy (non-hydrogen) atoms. The molecule has 2 aliphatic carbocycles. The van der Waals surface area contributed by atoms with Crippen molar-refractivity contribution < 1.29 is 39.6 Å². The molecule has 0 aliphatic heterocycles. The first-order valence-electron chi connectivity index (χ1n) is 19.2. The maximum absolute atomic E-state index is 15.5. The Morgan fingerprint density at radius 3 is 2.41 bits per heavy atom. The van der Waals surface area contributed by atoms with Gasteiger partial charge in [0.05, 0.1) is 44.8 Å². The molecule has 3 heterocycles. The van der Waals surface area contributed by atoms with Gasteiger partial charge < -0.3 is 5.32 Å². The maximum Gasteiger partial charge on any atom is 0.293 e. The van der Waals surface area contributed by atoms with Crippen molar-refractivity contribution in [2.75, 3.05) is 11.0 Å². The summed E-state index contributed by atoms with van der Waals surface area (Å²) in [6.45, 7) is 0.847. The van der Waals surface area contributed by atoms with Crippen molar-refractivity contribution in [1.29, 1.82) is 0 Å². The molecule has 7 aromatic rings. The Balaban J connectivity index is 1.26. The smallest absolute Gasteiger partial charge is 0.293 e. The number of anilines is 1. The van der Waals surface area contributed by atoms with Crippen LogP contribution >= 0.6 is 23.2 Å². The number of carbonyl (C=O) groups is 1. The highest BCUT2D eigenvalue weighted by Gasteiger charge is 2.67. The zero-order valence-corrected chi connectivity index (χ0v) is 35.4. The summed E-state index contributed by atoms with van der Waals surface area (Å²) >= 11 is 12.9. The third-order valence-corrected chi connectivity index (χ3v) is 12.4. The van der Waals surface area contributed by atoms with Crippen molar-refractivity contribution in [2.24, 2.45) is 13.0 Å². The van der Waals surface area contributed by atoms with Gasteiger partial charge in [-0.1, -0.05) is 35.3 Å². The fourth-order valence-corrected chi connectivity index (χ4v) is 9.66. The molecule has 21 heteroatoms. The summed E-state index contributed by atoms with van der Waals surface area (Å²) in [6.07, 6.45) is -2.77. The fourth-order valence-electron chi connectivity index (χ4n) is 8.70. The van der Waals surface area contributed by atoms with E-state index in [1.54, 1.807) is 30.3 Å². The summed E-state index contributed by atoms with van der Waals surface area (Å²) in [5.41, 5.74) is -0.322. The molecule has 12 nitrogen and oxygen atoms in total. The molecule has 326 valence electrons. The van der Waals surface area contributed by atoms with E-state index in [9.17, 15) is 30.8 Å². The van der Waals surface area contributed by atoms with Crippen LogP contribution in [0, 0.1) is 24.5 Å². The Morgan fingerprint density at radius 2 is 1.73 bits per heavy atom. The summed E-state index contributed by atoms with van der Waals surface area (Å²) in [6, 6.07) is 13.9. The van der Waals surface area contributed by atoms with Crippen LogP contribution < -0.4 is 15.6 Å². The second-order valence-corrected chi connectivity index (χ2v) is 18.3. The number of sulfonamides is 1. The Kier molecular flexibility index (Phi) is 10.2. The van der Waals surface area contributed by atoms with Gasteiger partial charge in [0.2, 0.25) is 15.9 Å². The first-order chi connectivity index (χ1) is 29.7. The maximum atomic E-state index is 15.5. The number of alkyl halides is 4. The summed E-state index contributed by atoms with van der Waals surface area (Å²) < 4.78 is 119. The average molecular weight is 930 g/mol. The van der Waals surface area contributed by atoms with Crippen molar-refractivity contribution in [1.82, 2.24) is 34.4 Å². The van der Waals surface area contributed by atoms with Gasteiger partial charge >= 0.3 is 0 Å². The first kappa shape index (κ1) is 42.4. The molecular formula is C42H32Cl2F6N8O4S. The molecule has 1 saturated carbocycles. The van der Waals surface area contributed by atoms with E-state index < -0.39 is 87.7 Å². The van der Waals surface area contributed by atoms with Crippen molar-refractivity contribution in [3.63, 3.8) is 0 Å². The van der Waals surface area contributed by atoms with Crippen molar-refractivity contribution in [2.45, 2.75) is 50.6 Å². The van der Waals surface area contributed by atoms with E-state index in [2.05, 4.69) is 20.2 Å². The van der Waals surface area contributed by atoms with Crippen molar-refractivity contribution in [3.8, 4) is 16.8 Å². The zero-order chi connectivity index (χ0) is 45.0. The number of carbonyl (C=O) groups excluding carboxylic acids is 1. The third kappa shape index (κ3) is 7.48. The van der Waals surface area contributed by atoms with Crippen molar-refractivity contribution >= 4 is 66.8 Å². The van der Waals surface area contributed by atoms with Crippen LogP contribution in [0.25, 0.3) is 38.6 Å². The molecule has 3 atom stereocenters. The number of hydrogen-bond acceptors (Lipinski definition) is 7. The van der Waals surface area contributed by atoms with Gasteiger partial charge in [0, 0.05) is 36.0 Å². The van der Waals surface area contributed by atoms with E-state index in [-0.39, 0.29) is 61.7 Å². The van der Waals surface area contributed by atoms with Gasteiger partial charge in [0.25, 0.3) is 17.9 Å². The second kappa shape index (κ2) is 15.1. The Labute approximate surface area is 363 Å². The summed E-state index contributed by atoms with van der Waals surface area (Å²) in [7, 11) is -2.46. The normalized spacial score (nSPS) is 17.0. The molecule has 9 rings (SSSR count). The van der Waals surface area contributed by atoms with Crippen LogP contribution in [0.3, 0.4) is 0 Å². The van der Waals surface area contributed by atoms with Crippen LogP contribution in [0.5, 0.6) is 0 Å². The van der Waals surface area contributed by atoms with Crippen LogP contribution in [0.4, 0.5) is 32.2 Å². The largest absolute Gasteiger partial charge is 0.344 e. The highest BCUT2D eigenvalue weighted by atomic mass is 35.5. The fraction of sp³-hybridized carbons (Fsp3) is 0.262. The summed E-state index contributed by atoms with van der Waals surface area (Å²) in [5.74, 6) is -9.02. The van der Waals surface area contributed by atoms with E-state index in [4.69, 9.17) is 28.2 Å². The standard InChI is InChI=1S/C42H32Cl2F6N8O4S/c1-18-10-21(43)5-7-24(18)20-4-6-25-29(14-20)52-40(58(41(25)60)31-9-8-28(44)34-36(31)56(2)54-39(34)55-63(3,61)62)30(13-19-11-22(45)15-23(46)12-19)51-32(59)17-57-37-33(35(53-57)38(47)48)26-16-27(26)42(37,49)50/h4-12,14-15,26-27,30,38H,13,16-17H2,1-3H3,(H,51,59)(H,54,55)/t26?,27?,30-/m0/s1. The van der Waals surface area contributed by atoms with Gasteiger partial charge in [-0.25, -0.2) is 31.0 Å². The Bertz CT molecular complexity index is 3250. The van der Waals surface area contributed by atoms with Crippen LogP contribution in [-0.4, -0.2) is 49.7 Å². The molecule has 2 unspecified atom stereocenters. The topological polar surface area (TPSA) is 146 Å². The van der Waals surface area contributed by atoms with Crippen LogP contribution in [0.1, 0.15) is 58.7 Å². The third-order valence-electron chi connectivity index (χ3n) is 11.3. The van der Waals surface area contributed by atoms with Gasteiger partial charge in [-0.2, -0.15) is 19.0 Å². The molecule has 2 aliphatic rings. The second-order valence-electron chi connectivity index (χ2n) is 15.7. The number of halogens is 8. The Morgan fingerprint density at radius 1 is 1.00 bits per heavy atom. The summed E-state index contributed by atoms with van der Waals surface area (Å²) in [5, 5.41) is 11.4. The lowest BCUT2D eigenvalue weighted by Crippen LogP contribution is -2.38. The predicted octanol–water partition coefficient (Wildman–Crippen LogP) is 8.65. The van der Waals surface area contributed by atoms with Crippen LogP contribution in [-0.2, 0) is 40.8 Å². The Hall–Kier alpha value is -5.92. The number of fused-ring (bicyclic) bond motifs is 5. The minimum Gasteiger partial charge on any atom is -0.344 e. The number of aryl methyl sites for hydroxylation is 2.